The van der Waals surface area contributed by atoms with Gasteiger partial charge in [0.1, 0.15) is 0 Å². The molecule has 2 N–H and O–H groups in total. The van der Waals surface area contributed by atoms with E-state index in [1.54, 1.807) is 6.07 Å². The van der Waals surface area contributed by atoms with Gasteiger partial charge in [-0.05, 0) is 25.1 Å². The molecule has 1 aromatic carbocycles. The number of halogens is 2. The fraction of sp³-hybridized carbons (Fsp3) is 0.462. The van der Waals surface area contributed by atoms with Gasteiger partial charge < -0.3 is 10.6 Å². The van der Waals surface area contributed by atoms with Crippen molar-refractivity contribution < 1.29 is 4.79 Å². The van der Waals surface area contributed by atoms with Gasteiger partial charge in [-0.25, -0.2) is 0 Å². The average molecular weight is 287 g/mol. The van der Waals surface area contributed by atoms with E-state index in [9.17, 15) is 4.79 Å². The second kappa shape index (κ2) is 5.47. The third kappa shape index (κ3) is 2.22. The minimum Gasteiger partial charge on any atom is -0.349 e. The summed E-state index contributed by atoms with van der Waals surface area (Å²) >= 11 is 12.1. The lowest BCUT2D eigenvalue weighted by Gasteiger charge is -2.34. The standard InChI is InChI=1S/C13H16Cl2N2O/c1-3-10-8(6-16-2)7-4-5-9(14)12(15)11(7)13(18)17-10/h4-5,8,10,16H,3,6H2,1-2H3,(H,17,18). The molecule has 2 rings (SSSR count). The lowest BCUT2D eigenvalue weighted by molar-refractivity contribution is 0.0913. The lowest BCUT2D eigenvalue weighted by atomic mass is 9.83. The summed E-state index contributed by atoms with van der Waals surface area (Å²) in [5, 5.41) is 6.94. The highest BCUT2D eigenvalue weighted by molar-refractivity contribution is 6.44. The number of hydrogen-bond acceptors (Lipinski definition) is 2. The number of hydrogen-bond donors (Lipinski definition) is 2. The SMILES string of the molecule is CCC1NC(=O)c2c(ccc(Cl)c2Cl)C1CNC. The van der Waals surface area contributed by atoms with Crippen molar-refractivity contribution in [2.75, 3.05) is 13.6 Å². The number of carbonyl (C=O) groups excluding carboxylic acids is 1. The summed E-state index contributed by atoms with van der Waals surface area (Å²) < 4.78 is 0. The molecule has 3 nitrogen and oxygen atoms in total. The Hall–Kier alpha value is -0.770. The van der Waals surface area contributed by atoms with Crippen molar-refractivity contribution in [1.82, 2.24) is 10.6 Å². The van der Waals surface area contributed by atoms with Gasteiger partial charge in [0, 0.05) is 18.5 Å². The monoisotopic (exact) mass is 286 g/mol. The zero-order valence-electron chi connectivity index (χ0n) is 10.4. The van der Waals surface area contributed by atoms with Crippen molar-refractivity contribution in [3.8, 4) is 0 Å². The van der Waals surface area contributed by atoms with E-state index in [2.05, 4.69) is 17.6 Å². The van der Waals surface area contributed by atoms with Crippen LogP contribution in [0.15, 0.2) is 12.1 Å². The second-order valence-electron chi connectivity index (χ2n) is 4.48. The van der Waals surface area contributed by atoms with Gasteiger partial charge in [0.15, 0.2) is 0 Å². The van der Waals surface area contributed by atoms with Crippen molar-refractivity contribution >= 4 is 29.1 Å². The van der Waals surface area contributed by atoms with Crippen LogP contribution in [0.2, 0.25) is 10.0 Å². The average Bonchev–Trinajstić information content (AvgIpc) is 2.36. The van der Waals surface area contributed by atoms with Crippen molar-refractivity contribution in [3.63, 3.8) is 0 Å². The Labute approximate surface area is 117 Å². The fourth-order valence-electron chi connectivity index (χ4n) is 2.52. The number of likely N-dealkylation sites (N-methyl/N-ethyl adjacent to an activating group) is 1. The number of amides is 1. The third-order valence-electron chi connectivity index (χ3n) is 3.42. The van der Waals surface area contributed by atoms with Crippen LogP contribution in [0.25, 0.3) is 0 Å². The van der Waals surface area contributed by atoms with Crippen molar-refractivity contribution in [2.45, 2.75) is 25.3 Å². The van der Waals surface area contributed by atoms with E-state index in [0.29, 0.717) is 15.6 Å². The van der Waals surface area contributed by atoms with E-state index in [4.69, 9.17) is 23.2 Å². The highest BCUT2D eigenvalue weighted by Gasteiger charge is 2.34. The Bertz CT molecular complexity index is 476. The summed E-state index contributed by atoms with van der Waals surface area (Å²) in [6, 6.07) is 3.80. The van der Waals surface area contributed by atoms with Crippen LogP contribution in [-0.2, 0) is 0 Å². The third-order valence-corrected chi connectivity index (χ3v) is 4.22. The maximum Gasteiger partial charge on any atom is 0.253 e. The van der Waals surface area contributed by atoms with Gasteiger partial charge in [0.05, 0.1) is 15.6 Å². The predicted molar refractivity (Wildman–Crippen MR) is 74.7 cm³/mol. The molecule has 0 aromatic heterocycles. The molecule has 2 atom stereocenters. The van der Waals surface area contributed by atoms with Crippen LogP contribution in [-0.4, -0.2) is 25.5 Å². The molecular weight excluding hydrogens is 271 g/mol. The summed E-state index contributed by atoms with van der Waals surface area (Å²) in [4.78, 5) is 12.1. The van der Waals surface area contributed by atoms with Gasteiger partial charge in [-0.1, -0.05) is 36.2 Å². The van der Waals surface area contributed by atoms with Crippen LogP contribution in [0, 0.1) is 0 Å². The first-order chi connectivity index (χ1) is 8.60. The largest absolute Gasteiger partial charge is 0.349 e. The van der Waals surface area contributed by atoms with Crippen LogP contribution in [0.3, 0.4) is 0 Å². The molecule has 0 saturated heterocycles. The summed E-state index contributed by atoms with van der Waals surface area (Å²) in [6.45, 7) is 2.86. The molecule has 5 heteroatoms. The molecule has 1 aliphatic heterocycles. The van der Waals surface area contributed by atoms with E-state index in [0.717, 1.165) is 18.5 Å². The first kappa shape index (κ1) is 13.7. The lowest BCUT2D eigenvalue weighted by Crippen LogP contribution is -2.46. The molecule has 1 heterocycles. The van der Waals surface area contributed by atoms with Gasteiger partial charge >= 0.3 is 0 Å². The van der Waals surface area contributed by atoms with Gasteiger partial charge in [-0.3, -0.25) is 4.79 Å². The first-order valence-corrected chi connectivity index (χ1v) is 6.79. The van der Waals surface area contributed by atoms with Gasteiger partial charge in [-0.15, -0.1) is 0 Å². The molecule has 0 fully saturated rings. The molecule has 98 valence electrons. The highest BCUT2D eigenvalue weighted by atomic mass is 35.5. The van der Waals surface area contributed by atoms with E-state index in [-0.39, 0.29) is 17.9 Å². The topological polar surface area (TPSA) is 41.1 Å². The summed E-state index contributed by atoms with van der Waals surface area (Å²) in [6.07, 6.45) is 0.887. The quantitative estimate of drug-likeness (QED) is 0.897. The summed E-state index contributed by atoms with van der Waals surface area (Å²) in [5.74, 6) is 0.0965. The number of nitrogens with one attached hydrogen (secondary N) is 2. The van der Waals surface area contributed by atoms with E-state index < -0.39 is 0 Å². The minimum absolute atomic E-state index is 0.128. The smallest absolute Gasteiger partial charge is 0.253 e. The Balaban J connectivity index is 2.54. The first-order valence-electron chi connectivity index (χ1n) is 6.03. The molecule has 0 aliphatic carbocycles. The van der Waals surface area contributed by atoms with Gasteiger partial charge in [0.2, 0.25) is 0 Å². The molecular formula is C13H16Cl2N2O. The molecule has 1 aromatic rings. The maximum absolute atomic E-state index is 12.1. The van der Waals surface area contributed by atoms with Gasteiger partial charge in [-0.2, -0.15) is 0 Å². The van der Waals surface area contributed by atoms with Crippen LogP contribution in [0.5, 0.6) is 0 Å². The van der Waals surface area contributed by atoms with Crippen molar-refractivity contribution in [3.05, 3.63) is 33.3 Å². The zero-order valence-corrected chi connectivity index (χ0v) is 11.9. The van der Waals surface area contributed by atoms with E-state index >= 15 is 0 Å². The Morgan fingerprint density at radius 1 is 1.39 bits per heavy atom. The normalized spacial score (nSPS) is 22.6. The van der Waals surface area contributed by atoms with Gasteiger partial charge in [0.25, 0.3) is 5.91 Å². The number of fused-ring (bicyclic) bond motifs is 1. The molecule has 0 spiro atoms. The van der Waals surface area contributed by atoms with Crippen LogP contribution in [0.1, 0.15) is 35.2 Å². The van der Waals surface area contributed by atoms with Crippen LogP contribution in [0.4, 0.5) is 0 Å². The van der Waals surface area contributed by atoms with E-state index in [1.165, 1.54) is 0 Å². The van der Waals surface area contributed by atoms with E-state index in [1.807, 2.05) is 13.1 Å². The number of rotatable bonds is 3. The second-order valence-corrected chi connectivity index (χ2v) is 5.26. The molecule has 1 amide bonds. The zero-order chi connectivity index (χ0) is 13.3. The minimum atomic E-state index is -0.128. The number of benzene rings is 1. The Morgan fingerprint density at radius 3 is 2.72 bits per heavy atom. The predicted octanol–water partition coefficient (Wildman–Crippen LogP) is 2.82. The molecule has 2 unspecified atom stereocenters. The molecule has 0 saturated carbocycles. The maximum atomic E-state index is 12.1. The fourth-order valence-corrected chi connectivity index (χ4v) is 2.94. The van der Waals surface area contributed by atoms with Crippen LogP contribution < -0.4 is 10.6 Å². The number of carbonyl (C=O) groups is 1. The van der Waals surface area contributed by atoms with Crippen LogP contribution >= 0.6 is 23.2 Å². The molecule has 0 bridgehead atoms. The molecule has 1 aliphatic rings. The Morgan fingerprint density at radius 2 is 2.11 bits per heavy atom. The van der Waals surface area contributed by atoms with Crippen molar-refractivity contribution in [1.29, 1.82) is 0 Å². The summed E-state index contributed by atoms with van der Waals surface area (Å²) in [5.41, 5.74) is 1.50. The molecule has 0 radical (unpaired) electrons. The highest BCUT2D eigenvalue weighted by Crippen LogP contribution is 2.36. The summed E-state index contributed by atoms with van der Waals surface area (Å²) in [7, 11) is 1.90. The molecule has 18 heavy (non-hydrogen) atoms. The Kier molecular flexibility index (Phi) is 4.15. The van der Waals surface area contributed by atoms with Crippen molar-refractivity contribution in [2.24, 2.45) is 0 Å².